The molecule has 17 heavy (non-hydrogen) atoms. The molecule has 0 atom stereocenters. The highest BCUT2D eigenvalue weighted by Gasteiger charge is 2.11. The zero-order chi connectivity index (χ0) is 12.1. The van der Waals surface area contributed by atoms with E-state index in [0.717, 1.165) is 19.6 Å². The van der Waals surface area contributed by atoms with Crippen molar-refractivity contribution in [1.29, 1.82) is 0 Å². The minimum Gasteiger partial charge on any atom is -0.366 e. The van der Waals surface area contributed by atoms with Gasteiger partial charge in [-0.05, 0) is 25.9 Å². The molecule has 1 aromatic heterocycles. The Morgan fingerprint density at radius 2 is 2.18 bits per heavy atom. The number of aromatic nitrogens is 2. The Morgan fingerprint density at radius 1 is 1.41 bits per heavy atom. The van der Waals surface area contributed by atoms with Crippen LogP contribution in [0, 0.1) is 5.82 Å². The van der Waals surface area contributed by atoms with Gasteiger partial charge in [-0.1, -0.05) is 0 Å². The summed E-state index contributed by atoms with van der Waals surface area (Å²) in [5, 5.41) is 5.79. The average molecular weight is 239 g/mol. The Bertz CT molecular complexity index is 365. The van der Waals surface area contributed by atoms with Crippen molar-refractivity contribution in [3.8, 4) is 0 Å². The molecule has 1 aliphatic heterocycles. The lowest BCUT2D eigenvalue weighted by atomic mass is 10.4. The lowest BCUT2D eigenvalue weighted by molar-refractivity contribution is 0.352. The maximum absolute atomic E-state index is 13.4. The SMILES string of the molecule is CNc1ncc(F)c(NCCN2CCCC2)n1. The molecule has 1 saturated heterocycles. The predicted octanol–water partition coefficient (Wildman–Crippen LogP) is 1.17. The molecule has 0 saturated carbocycles. The molecule has 1 aliphatic rings. The van der Waals surface area contributed by atoms with E-state index in [0.29, 0.717) is 12.5 Å². The van der Waals surface area contributed by atoms with Crippen molar-refractivity contribution in [2.75, 3.05) is 43.9 Å². The van der Waals surface area contributed by atoms with Crippen LogP contribution in [0.15, 0.2) is 6.20 Å². The molecule has 0 spiro atoms. The highest BCUT2D eigenvalue weighted by atomic mass is 19.1. The van der Waals surface area contributed by atoms with Gasteiger partial charge < -0.3 is 15.5 Å². The van der Waals surface area contributed by atoms with Crippen LogP contribution in [-0.2, 0) is 0 Å². The van der Waals surface area contributed by atoms with E-state index in [1.54, 1.807) is 7.05 Å². The van der Waals surface area contributed by atoms with E-state index in [1.165, 1.54) is 19.0 Å². The van der Waals surface area contributed by atoms with Crippen molar-refractivity contribution in [3.63, 3.8) is 0 Å². The maximum atomic E-state index is 13.4. The lowest BCUT2D eigenvalue weighted by Gasteiger charge is -2.15. The topological polar surface area (TPSA) is 53.1 Å². The zero-order valence-electron chi connectivity index (χ0n) is 10.0. The van der Waals surface area contributed by atoms with Crippen LogP contribution < -0.4 is 10.6 Å². The highest BCUT2D eigenvalue weighted by Crippen LogP contribution is 2.11. The molecule has 2 N–H and O–H groups in total. The van der Waals surface area contributed by atoms with Gasteiger partial charge in [0.15, 0.2) is 11.6 Å². The first kappa shape index (κ1) is 12.0. The van der Waals surface area contributed by atoms with Gasteiger partial charge >= 0.3 is 0 Å². The van der Waals surface area contributed by atoms with Crippen LogP contribution in [0.3, 0.4) is 0 Å². The number of nitrogens with one attached hydrogen (secondary N) is 2. The monoisotopic (exact) mass is 239 g/mol. The van der Waals surface area contributed by atoms with Gasteiger partial charge in [-0.15, -0.1) is 0 Å². The van der Waals surface area contributed by atoms with Crippen molar-refractivity contribution in [3.05, 3.63) is 12.0 Å². The molecule has 0 unspecified atom stereocenters. The largest absolute Gasteiger partial charge is 0.366 e. The Hall–Kier alpha value is -1.43. The Morgan fingerprint density at radius 3 is 2.88 bits per heavy atom. The van der Waals surface area contributed by atoms with E-state index in [1.807, 2.05) is 0 Å². The van der Waals surface area contributed by atoms with Gasteiger partial charge in [0.05, 0.1) is 6.20 Å². The van der Waals surface area contributed by atoms with Crippen LogP contribution in [0.5, 0.6) is 0 Å². The Labute approximate surface area is 100 Å². The summed E-state index contributed by atoms with van der Waals surface area (Å²) in [7, 11) is 1.71. The molecule has 6 heteroatoms. The van der Waals surface area contributed by atoms with Crippen molar-refractivity contribution in [2.45, 2.75) is 12.8 Å². The van der Waals surface area contributed by atoms with Gasteiger partial charge in [0.1, 0.15) is 0 Å². The van der Waals surface area contributed by atoms with Crippen LogP contribution in [0.2, 0.25) is 0 Å². The number of hydrogen-bond donors (Lipinski definition) is 2. The second kappa shape index (κ2) is 5.77. The summed E-state index contributed by atoms with van der Waals surface area (Å²) in [6.07, 6.45) is 3.72. The fourth-order valence-corrected chi connectivity index (χ4v) is 1.95. The van der Waals surface area contributed by atoms with E-state index >= 15 is 0 Å². The van der Waals surface area contributed by atoms with Gasteiger partial charge in [-0.3, -0.25) is 0 Å². The first-order valence-electron chi connectivity index (χ1n) is 5.96. The summed E-state index contributed by atoms with van der Waals surface area (Å²) in [4.78, 5) is 10.2. The minimum absolute atomic E-state index is 0.267. The van der Waals surface area contributed by atoms with E-state index in [-0.39, 0.29) is 5.82 Å². The summed E-state index contributed by atoms with van der Waals surface area (Å²) < 4.78 is 13.4. The smallest absolute Gasteiger partial charge is 0.224 e. The van der Waals surface area contributed by atoms with Crippen LogP contribution >= 0.6 is 0 Å². The number of hydrogen-bond acceptors (Lipinski definition) is 5. The summed E-state index contributed by atoms with van der Waals surface area (Å²) in [5.41, 5.74) is 0. The molecule has 94 valence electrons. The van der Waals surface area contributed by atoms with Crippen LogP contribution in [0.4, 0.5) is 16.2 Å². The molecule has 1 aromatic rings. The summed E-state index contributed by atoms with van der Waals surface area (Å²) in [6.45, 7) is 3.93. The second-order valence-corrected chi connectivity index (χ2v) is 4.12. The van der Waals surface area contributed by atoms with Crippen LogP contribution in [-0.4, -0.2) is 48.1 Å². The summed E-state index contributed by atoms with van der Waals surface area (Å²) >= 11 is 0. The molecule has 2 heterocycles. The molecule has 5 nitrogen and oxygen atoms in total. The highest BCUT2D eigenvalue weighted by molar-refractivity contribution is 5.40. The van der Waals surface area contributed by atoms with Gasteiger partial charge in [-0.25, -0.2) is 9.37 Å². The molecular weight excluding hydrogens is 221 g/mol. The number of anilines is 2. The third-order valence-corrected chi connectivity index (χ3v) is 2.89. The van der Waals surface area contributed by atoms with Gasteiger partial charge in [0.25, 0.3) is 0 Å². The van der Waals surface area contributed by atoms with Crippen LogP contribution in [0.1, 0.15) is 12.8 Å². The number of rotatable bonds is 5. The molecule has 1 fully saturated rings. The van der Waals surface area contributed by atoms with Crippen molar-refractivity contribution in [2.24, 2.45) is 0 Å². The fourth-order valence-electron chi connectivity index (χ4n) is 1.95. The Balaban J connectivity index is 1.84. The standard InChI is InChI=1S/C11H18FN5/c1-13-11-15-8-9(12)10(16-11)14-4-7-17-5-2-3-6-17/h8H,2-7H2,1H3,(H2,13,14,15,16). The number of likely N-dealkylation sites (tertiary alicyclic amines) is 1. The van der Waals surface area contributed by atoms with Crippen LogP contribution in [0.25, 0.3) is 0 Å². The molecule has 0 aromatic carbocycles. The fraction of sp³-hybridized carbons (Fsp3) is 0.636. The number of nitrogens with zero attached hydrogens (tertiary/aromatic N) is 3. The quantitative estimate of drug-likeness (QED) is 0.807. The van der Waals surface area contributed by atoms with Crippen molar-refractivity contribution in [1.82, 2.24) is 14.9 Å². The Kier molecular flexibility index (Phi) is 4.08. The maximum Gasteiger partial charge on any atom is 0.224 e. The third kappa shape index (κ3) is 3.26. The van der Waals surface area contributed by atoms with Gasteiger partial charge in [0.2, 0.25) is 5.95 Å². The summed E-state index contributed by atoms with van der Waals surface area (Å²) in [5.74, 6) is 0.282. The number of halogens is 1. The van der Waals surface area contributed by atoms with Crippen molar-refractivity contribution >= 4 is 11.8 Å². The molecule has 2 rings (SSSR count). The molecule has 0 bridgehead atoms. The van der Waals surface area contributed by atoms with Crippen molar-refractivity contribution < 1.29 is 4.39 Å². The molecule has 0 amide bonds. The summed E-state index contributed by atoms with van der Waals surface area (Å²) in [6, 6.07) is 0. The molecule has 0 radical (unpaired) electrons. The third-order valence-electron chi connectivity index (χ3n) is 2.89. The van der Waals surface area contributed by atoms with E-state index in [2.05, 4.69) is 25.5 Å². The van der Waals surface area contributed by atoms with E-state index in [9.17, 15) is 4.39 Å². The molecule has 0 aliphatic carbocycles. The van der Waals surface area contributed by atoms with E-state index < -0.39 is 5.82 Å². The van der Waals surface area contributed by atoms with Gasteiger partial charge in [0, 0.05) is 20.1 Å². The first-order chi connectivity index (χ1) is 8.29. The second-order valence-electron chi connectivity index (χ2n) is 4.12. The van der Waals surface area contributed by atoms with Gasteiger partial charge in [-0.2, -0.15) is 4.98 Å². The lowest BCUT2D eigenvalue weighted by Crippen LogP contribution is -2.26. The molecular formula is C11H18FN5. The first-order valence-corrected chi connectivity index (χ1v) is 5.96. The predicted molar refractivity (Wildman–Crippen MR) is 65.7 cm³/mol. The minimum atomic E-state index is -0.412. The normalized spacial score (nSPS) is 16.1. The average Bonchev–Trinajstić information content (AvgIpc) is 2.84. The zero-order valence-corrected chi connectivity index (χ0v) is 10.0. The van der Waals surface area contributed by atoms with E-state index in [4.69, 9.17) is 0 Å².